The van der Waals surface area contributed by atoms with E-state index in [1.165, 1.54) is 0 Å². The van der Waals surface area contributed by atoms with Crippen LogP contribution in [0, 0.1) is 12.8 Å². The van der Waals surface area contributed by atoms with Crippen LogP contribution in [0.15, 0.2) is 36.4 Å². The molecule has 1 aromatic heterocycles. The van der Waals surface area contributed by atoms with Gasteiger partial charge in [-0.15, -0.1) is 5.10 Å². The summed E-state index contributed by atoms with van der Waals surface area (Å²) in [6.07, 6.45) is 5.22. The molecule has 0 amide bonds. The first-order valence-electron chi connectivity index (χ1n) is 16.1. The third kappa shape index (κ3) is 6.43. The fraction of sp³-hybridized carbons (Fsp3) is 0.588. The lowest BCUT2D eigenvalue weighted by Gasteiger charge is -2.39. The second-order valence-electron chi connectivity index (χ2n) is 12.6. The average Bonchev–Trinajstić information content (AvgIpc) is 3.03. The first-order chi connectivity index (χ1) is 20.8. The summed E-state index contributed by atoms with van der Waals surface area (Å²) in [6.45, 7) is 11.2. The number of nitrogens with zero attached hydrogens (tertiary/aromatic N) is 4. The Kier molecular flexibility index (Phi) is 9.00. The van der Waals surface area contributed by atoms with E-state index in [9.17, 15) is 0 Å². The molecule has 0 spiro atoms. The summed E-state index contributed by atoms with van der Waals surface area (Å²) in [5, 5.41) is 14.4. The molecule has 1 N–H and O–H groups in total. The number of hydrogen-bond acceptors (Lipinski definition) is 7. The summed E-state index contributed by atoms with van der Waals surface area (Å²) < 4.78 is 44.0. The minimum Gasteiger partial charge on any atom is -0.493 e. The second kappa shape index (κ2) is 12.9. The third-order valence-corrected chi connectivity index (χ3v) is 9.69. The summed E-state index contributed by atoms with van der Waals surface area (Å²) in [7, 11) is 0. The first-order valence-corrected chi connectivity index (χ1v) is 16.1. The summed E-state index contributed by atoms with van der Waals surface area (Å²) in [6, 6.07) is 11.3. The van der Waals surface area contributed by atoms with Gasteiger partial charge in [-0.3, -0.25) is 0 Å². The maximum absolute atomic E-state index is 15.9. The number of morpholine rings is 1. The fourth-order valence-electron chi connectivity index (χ4n) is 6.94. The van der Waals surface area contributed by atoms with Crippen LogP contribution in [-0.4, -0.2) is 67.1 Å². The van der Waals surface area contributed by atoms with Gasteiger partial charge in [0.15, 0.2) is 5.82 Å². The predicted octanol–water partition coefficient (Wildman–Crippen LogP) is 7.09. The number of aromatic nitrogens is 2. The number of rotatable bonds is 1. The van der Waals surface area contributed by atoms with Crippen LogP contribution >= 0.6 is 0 Å². The number of hydrogen-bond donors (Lipinski definition) is 1. The summed E-state index contributed by atoms with van der Waals surface area (Å²) >= 11 is 0. The molecule has 2 fully saturated rings. The molecule has 43 heavy (non-hydrogen) atoms. The van der Waals surface area contributed by atoms with Crippen molar-refractivity contribution in [2.45, 2.75) is 77.3 Å². The smallest absolute Gasteiger partial charge is 0.276 e. The van der Waals surface area contributed by atoms with E-state index in [1.54, 1.807) is 18.2 Å². The molecular formula is C34H45F2N5O2. The van der Waals surface area contributed by atoms with Crippen LogP contribution in [0.5, 0.6) is 5.75 Å². The molecule has 9 heteroatoms. The van der Waals surface area contributed by atoms with Crippen LogP contribution in [0.2, 0.25) is 0 Å². The van der Waals surface area contributed by atoms with Crippen LogP contribution in [0.25, 0.3) is 10.8 Å². The van der Waals surface area contributed by atoms with Gasteiger partial charge >= 0.3 is 0 Å². The zero-order valence-corrected chi connectivity index (χ0v) is 25.7. The van der Waals surface area contributed by atoms with Crippen molar-refractivity contribution < 1.29 is 18.3 Å². The van der Waals surface area contributed by atoms with Crippen LogP contribution in [0.1, 0.15) is 75.2 Å². The summed E-state index contributed by atoms with van der Waals surface area (Å²) in [5.41, 5.74) is 2.76. The molecule has 2 aromatic carbocycles. The van der Waals surface area contributed by atoms with E-state index >= 15 is 8.78 Å². The number of anilines is 2. The fourth-order valence-corrected chi connectivity index (χ4v) is 6.94. The highest BCUT2D eigenvalue weighted by Crippen LogP contribution is 2.43. The van der Waals surface area contributed by atoms with E-state index in [1.807, 2.05) is 19.9 Å². The Bertz CT molecular complexity index is 1410. The quantitative estimate of drug-likeness (QED) is 0.323. The number of benzene rings is 2. The highest BCUT2D eigenvalue weighted by atomic mass is 19.3. The highest BCUT2D eigenvalue weighted by molar-refractivity contribution is 5.99. The minimum atomic E-state index is -2.88. The van der Waals surface area contributed by atoms with Gasteiger partial charge in [0.2, 0.25) is 0 Å². The number of piperidine rings is 1. The van der Waals surface area contributed by atoms with Crippen molar-refractivity contribution in [3.63, 3.8) is 0 Å². The van der Waals surface area contributed by atoms with E-state index in [-0.39, 0.29) is 11.6 Å². The van der Waals surface area contributed by atoms with Gasteiger partial charge in [0.1, 0.15) is 5.75 Å². The van der Waals surface area contributed by atoms with Gasteiger partial charge in [0.05, 0.1) is 36.9 Å². The molecule has 4 aliphatic heterocycles. The van der Waals surface area contributed by atoms with Gasteiger partial charge in [-0.05, 0) is 77.2 Å². The van der Waals surface area contributed by atoms with Crippen LogP contribution in [-0.2, 0) is 10.7 Å². The second-order valence-corrected chi connectivity index (χ2v) is 12.6. The number of nitrogens with one attached hydrogen (secondary N) is 1. The Balaban J connectivity index is 1.38. The molecule has 1 unspecified atom stereocenters. The number of ether oxygens (including phenoxy) is 2. The average molecular weight is 594 g/mol. The molecule has 0 aliphatic carbocycles. The number of alkyl halides is 2. The van der Waals surface area contributed by atoms with Gasteiger partial charge in [0, 0.05) is 47.8 Å². The number of halogens is 2. The number of aryl methyl sites for hydroxylation is 1. The van der Waals surface area contributed by atoms with Crippen molar-refractivity contribution in [1.29, 1.82) is 0 Å². The Hall–Kier alpha value is -3.04. The molecule has 0 saturated carbocycles. The van der Waals surface area contributed by atoms with Crippen LogP contribution in [0.4, 0.5) is 20.3 Å². The zero-order valence-electron chi connectivity index (χ0n) is 25.7. The van der Waals surface area contributed by atoms with Crippen molar-refractivity contribution in [2.75, 3.05) is 56.2 Å². The van der Waals surface area contributed by atoms with Gasteiger partial charge in [0.25, 0.3) is 5.92 Å². The molecular weight excluding hydrogens is 548 g/mol. The lowest BCUT2D eigenvalue weighted by molar-refractivity contribution is -0.0883. The molecule has 4 aliphatic rings. The maximum Gasteiger partial charge on any atom is 0.276 e. The van der Waals surface area contributed by atoms with Gasteiger partial charge < -0.3 is 24.6 Å². The monoisotopic (exact) mass is 593 g/mol. The van der Waals surface area contributed by atoms with Crippen molar-refractivity contribution in [3.05, 3.63) is 53.2 Å². The van der Waals surface area contributed by atoms with E-state index in [0.717, 1.165) is 85.3 Å². The maximum atomic E-state index is 15.9. The Morgan fingerprint density at radius 1 is 0.907 bits per heavy atom. The lowest BCUT2D eigenvalue weighted by Crippen LogP contribution is -2.43. The molecule has 7 nitrogen and oxygen atoms in total. The summed E-state index contributed by atoms with van der Waals surface area (Å²) in [5.74, 6) is -2.09. The largest absolute Gasteiger partial charge is 0.493 e. The summed E-state index contributed by atoms with van der Waals surface area (Å²) in [4.78, 5) is 4.72. The van der Waals surface area contributed by atoms with E-state index in [0.29, 0.717) is 44.5 Å². The third-order valence-electron chi connectivity index (χ3n) is 9.69. The predicted molar refractivity (Wildman–Crippen MR) is 167 cm³/mol. The Labute approximate surface area is 253 Å². The van der Waals surface area contributed by atoms with E-state index in [2.05, 4.69) is 44.4 Å². The van der Waals surface area contributed by atoms with Crippen molar-refractivity contribution in [2.24, 2.45) is 5.92 Å². The molecule has 7 rings (SSSR count). The highest BCUT2D eigenvalue weighted by Gasteiger charge is 2.43. The normalized spacial score (nSPS) is 26.9. The zero-order chi connectivity index (χ0) is 30.0. The van der Waals surface area contributed by atoms with E-state index < -0.39 is 11.8 Å². The standard InChI is InChI=1S/C34H45F2N5O2/c1-23-8-5-4-6-17-43-31-22-29(41-15-18-42-19-16-41)21-30-32(31)25(3)38-39-33(30)37-24(2)26-9-7-10-28(20-26)34(35,36)27-11-13-40(23)14-12-27/h7,9-10,20-24,27H,4-6,8,11-19H2,1-3H3,(H,37,39)/t23?,24-/m1/s1. The Morgan fingerprint density at radius 3 is 2.49 bits per heavy atom. The Morgan fingerprint density at radius 2 is 1.70 bits per heavy atom. The van der Waals surface area contributed by atoms with Crippen molar-refractivity contribution >= 4 is 22.3 Å². The molecule has 8 bridgehead atoms. The van der Waals surface area contributed by atoms with Gasteiger partial charge in [-0.1, -0.05) is 31.0 Å². The molecule has 5 heterocycles. The van der Waals surface area contributed by atoms with Crippen molar-refractivity contribution in [3.8, 4) is 5.75 Å². The topological polar surface area (TPSA) is 62.8 Å². The first kappa shape index (κ1) is 30.0. The minimum absolute atomic E-state index is 0.0983. The van der Waals surface area contributed by atoms with Crippen LogP contribution < -0.4 is 15.0 Å². The molecule has 232 valence electrons. The SMILES string of the molecule is Cc1nnc2c3cc(N4CCOCC4)cc(c13)OCCCCCC(C)N1CCC(CC1)C(F)(F)c1cccc(c1)[C@@H](C)N2. The molecule has 2 saturated heterocycles. The molecule has 0 radical (unpaired) electrons. The lowest BCUT2D eigenvalue weighted by atomic mass is 9.85. The van der Waals surface area contributed by atoms with Crippen molar-refractivity contribution in [1.82, 2.24) is 15.1 Å². The molecule has 3 aromatic rings. The van der Waals surface area contributed by atoms with Gasteiger partial charge in [-0.25, -0.2) is 8.78 Å². The van der Waals surface area contributed by atoms with Gasteiger partial charge in [-0.2, -0.15) is 5.10 Å². The van der Waals surface area contributed by atoms with Crippen LogP contribution in [0.3, 0.4) is 0 Å². The number of fused-ring (bicyclic) bond motifs is 9. The molecule has 2 atom stereocenters. The van der Waals surface area contributed by atoms with E-state index in [4.69, 9.17) is 9.47 Å².